The fraction of sp³-hybridized carbons (Fsp3) is 0.650. The van der Waals surface area contributed by atoms with Gasteiger partial charge in [0.1, 0.15) is 5.75 Å². The number of amides is 1. The summed E-state index contributed by atoms with van der Waals surface area (Å²) in [6, 6.07) is 7.87. The van der Waals surface area contributed by atoms with Crippen LogP contribution < -0.4 is 10.1 Å². The second kappa shape index (κ2) is 10.1. The summed E-state index contributed by atoms with van der Waals surface area (Å²) in [6.07, 6.45) is 2.12. The highest BCUT2D eigenvalue weighted by Gasteiger charge is 2.27. The minimum Gasteiger partial charge on any atom is -0.481 e. The quantitative estimate of drug-likeness (QED) is 0.850. The first kappa shape index (κ1) is 21.0. The summed E-state index contributed by atoms with van der Waals surface area (Å²) in [6.45, 7) is 10.9. The van der Waals surface area contributed by atoms with Crippen LogP contribution in [0.15, 0.2) is 24.3 Å². The van der Waals surface area contributed by atoms with Gasteiger partial charge in [-0.15, -0.1) is 12.4 Å². The summed E-state index contributed by atoms with van der Waals surface area (Å²) in [5, 5.41) is 3.42. The van der Waals surface area contributed by atoms with E-state index in [0.717, 1.165) is 56.5 Å². The molecule has 6 heteroatoms. The SMILES string of the molecule is Cc1cccc(OC(C)C(=O)N2CCN(CC3CCNCC3)CC2)c1.Cl. The lowest BCUT2D eigenvalue weighted by molar-refractivity contribution is -0.139. The molecule has 0 radical (unpaired) electrons. The molecule has 1 atom stereocenters. The Morgan fingerprint density at radius 3 is 2.58 bits per heavy atom. The van der Waals surface area contributed by atoms with Crippen molar-refractivity contribution in [1.82, 2.24) is 15.1 Å². The van der Waals surface area contributed by atoms with E-state index >= 15 is 0 Å². The average Bonchev–Trinajstić information content (AvgIpc) is 2.62. The Labute approximate surface area is 163 Å². The maximum atomic E-state index is 12.7. The van der Waals surface area contributed by atoms with Crippen LogP contribution in [0.5, 0.6) is 5.75 Å². The van der Waals surface area contributed by atoms with Gasteiger partial charge in [-0.25, -0.2) is 0 Å². The monoisotopic (exact) mass is 381 g/mol. The summed E-state index contributed by atoms with van der Waals surface area (Å²) < 4.78 is 5.85. The van der Waals surface area contributed by atoms with Crippen molar-refractivity contribution in [2.45, 2.75) is 32.8 Å². The standard InChI is InChI=1S/C20H31N3O2.ClH/c1-16-4-3-5-19(14-16)25-17(2)20(24)23-12-10-22(11-13-23)15-18-6-8-21-9-7-18;/h3-5,14,17-18,21H,6-13,15H2,1-2H3;1H. The Morgan fingerprint density at radius 1 is 1.23 bits per heavy atom. The summed E-state index contributed by atoms with van der Waals surface area (Å²) >= 11 is 0. The molecule has 2 aliphatic rings. The molecule has 1 amide bonds. The molecule has 1 unspecified atom stereocenters. The molecule has 1 aromatic rings. The number of carbonyl (C=O) groups is 1. The molecule has 0 aromatic heterocycles. The molecule has 146 valence electrons. The number of piperidine rings is 1. The van der Waals surface area contributed by atoms with Crippen LogP contribution in [0.1, 0.15) is 25.3 Å². The molecule has 26 heavy (non-hydrogen) atoms. The largest absolute Gasteiger partial charge is 0.481 e. The lowest BCUT2D eigenvalue weighted by Crippen LogP contribution is -2.53. The fourth-order valence-corrected chi connectivity index (χ4v) is 3.78. The van der Waals surface area contributed by atoms with Gasteiger partial charge in [-0.1, -0.05) is 12.1 Å². The second-order valence-corrected chi connectivity index (χ2v) is 7.40. The normalized spacial score (nSPS) is 20.3. The number of piperazine rings is 1. The van der Waals surface area contributed by atoms with Crippen LogP contribution in [-0.4, -0.2) is 67.6 Å². The summed E-state index contributed by atoms with van der Waals surface area (Å²) in [5.41, 5.74) is 1.14. The van der Waals surface area contributed by atoms with Crippen LogP contribution in [-0.2, 0) is 4.79 Å². The maximum absolute atomic E-state index is 12.7. The molecule has 1 N–H and O–H groups in total. The van der Waals surface area contributed by atoms with Gasteiger partial charge in [-0.05, 0) is 63.4 Å². The number of ether oxygens (including phenoxy) is 1. The van der Waals surface area contributed by atoms with Crippen molar-refractivity contribution in [2.24, 2.45) is 5.92 Å². The van der Waals surface area contributed by atoms with Gasteiger partial charge in [0.2, 0.25) is 0 Å². The van der Waals surface area contributed by atoms with E-state index in [0.29, 0.717) is 0 Å². The van der Waals surface area contributed by atoms with E-state index in [1.807, 2.05) is 43.0 Å². The van der Waals surface area contributed by atoms with Crippen molar-refractivity contribution in [3.05, 3.63) is 29.8 Å². The van der Waals surface area contributed by atoms with E-state index in [1.165, 1.54) is 19.4 Å². The molecule has 5 nitrogen and oxygen atoms in total. The van der Waals surface area contributed by atoms with Gasteiger partial charge in [-0.3, -0.25) is 9.69 Å². The van der Waals surface area contributed by atoms with Gasteiger partial charge in [0.05, 0.1) is 0 Å². The highest BCUT2D eigenvalue weighted by atomic mass is 35.5. The van der Waals surface area contributed by atoms with E-state index in [2.05, 4.69) is 10.2 Å². The number of hydrogen-bond donors (Lipinski definition) is 1. The Balaban J connectivity index is 0.00000243. The van der Waals surface area contributed by atoms with Crippen molar-refractivity contribution >= 4 is 18.3 Å². The van der Waals surface area contributed by atoms with Crippen molar-refractivity contribution in [1.29, 1.82) is 0 Å². The molecule has 0 bridgehead atoms. The third kappa shape index (κ3) is 5.86. The van der Waals surface area contributed by atoms with E-state index in [9.17, 15) is 4.79 Å². The summed E-state index contributed by atoms with van der Waals surface area (Å²) in [4.78, 5) is 17.1. The Morgan fingerprint density at radius 2 is 1.92 bits per heavy atom. The third-order valence-corrected chi connectivity index (χ3v) is 5.31. The van der Waals surface area contributed by atoms with Gasteiger partial charge in [0, 0.05) is 32.7 Å². The number of hydrogen-bond acceptors (Lipinski definition) is 4. The van der Waals surface area contributed by atoms with E-state index in [4.69, 9.17) is 4.74 Å². The topological polar surface area (TPSA) is 44.8 Å². The first-order valence-electron chi connectivity index (χ1n) is 9.57. The van der Waals surface area contributed by atoms with Gasteiger partial charge < -0.3 is 15.0 Å². The summed E-state index contributed by atoms with van der Waals surface area (Å²) in [5.74, 6) is 1.68. The molecule has 0 saturated carbocycles. The number of aryl methyl sites for hydroxylation is 1. The zero-order chi connectivity index (χ0) is 17.6. The third-order valence-electron chi connectivity index (χ3n) is 5.31. The fourth-order valence-electron chi connectivity index (χ4n) is 3.78. The van der Waals surface area contributed by atoms with Gasteiger partial charge in [0.15, 0.2) is 6.10 Å². The molecule has 1 aromatic carbocycles. The van der Waals surface area contributed by atoms with Gasteiger partial charge >= 0.3 is 0 Å². The number of nitrogens with one attached hydrogen (secondary N) is 1. The van der Waals surface area contributed by atoms with Crippen molar-refractivity contribution in [2.75, 3.05) is 45.8 Å². The molecule has 2 heterocycles. The Bertz CT molecular complexity index is 570. The molecular formula is C20H32ClN3O2. The van der Waals surface area contributed by atoms with Crippen LogP contribution in [0, 0.1) is 12.8 Å². The Hall–Kier alpha value is -1.30. The second-order valence-electron chi connectivity index (χ2n) is 7.40. The molecule has 0 aliphatic carbocycles. The first-order valence-corrected chi connectivity index (χ1v) is 9.57. The number of benzene rings is 1. The van der Waals surface area contributed by atoms with E-state index in [-0.39, 0.29) is 18.3 Å². The van der Waals surface area contributed by atoms with E-state index in [1.54, 1.807) is 0 Å². The molecule has 2 aliphatic heterocycles. The molecular weight excluding hydrogens is 350 g/mol. The zero-order valence-corrected chi connectivity index (χ0v) is 16.8. The zero-order valence-electron chi connectivity index (χ0n) is 15.9. The smallest absolute Gasteiger partial charge is 0.263 e. The van der Waals surface area contributed by atoms with Crippen LogP contribution in [0.25, 0.3) is 0 Å². The van der Waals surface area contributed by atoms with Crippen LogP contribution in [0.4, 0.5) is 0 Å². The number of carbonyl (C=O) groups excluding carboxylic acids is 1. The number of halogens is 1. The maximum Gasteiger partial charge on any atom is 0.263 e. The molecule has 0 spiro atoms. The average molecular weight is 382 g/mol. The van der Waals surface area contributed by atoms with Crippen LogP contribution in [0.2, 0.25) is 0 Å². The molecule has 3 rings (SSSR count). The predicted molar refractivity (Wildman–Crippen MR) is 107 cm³/mol. The lowest BCUT2D eigenvalue weighted by Gasteiger charge is -2.38. The lowest BCUT2D eigenvalue weighted by atomic mass is 9.97. The number of nitrogens with zero attached hydrogens (tertiary/aromatic N) is 2. The number of rotatable bonds is 5. The van der Waals surface area contributed by atoms with Crippen molar-refractivity contribution < 1.29 is 9.53 Å². The van der Waals surface area contributed by atoms with Crippen LogP contribution >= 0.6 is 12.4 Å². The predicted octanol–water partition coefficient (Wildman–Crippen LogP) is 2.33. The highest BCUT2D eigenvalue weighted by Crippen LogP contribution is 2.17. The van der Waals surface area contributed by atoms with Gasteiger partial charge in [-0.2, -0.15) is 0 Å². The highest BCUT2D eigenvalue weighted by molar-refractivity contribution is 5.85. The molecule has 2 saturated heterocycles. The minimum absolute atomic E-state index is 0. The van der Waals surface area contributed by atoms with Crippen molar-refractivity contribution in [3.63, 3.8) is 0 Å². The Kier molecular flexibility index (Phi) is 8.19. The van der Waals surface area contributed by atoms with E-state index < -0.39 is 6.10 Å². The van der Waals surface area contributed by atoms with Gasteiger partial charge in [0.25, 0.3) is 5.91 Å². The van der Waals surface area contributed by atoms with Crippen molar-refractivity contribution in [3.8, 4) is 5.75 Å². The first-order chi connectivity index (χ1) is 12.1. The minimum atomic E-state index is -0.433. The van der Waals surface area contributed by atoms with Crippen LogP contribution in [0.3, 0.4) is 0 Å². The summed E-state index contributed by atoms with van der Waals surface area (Å²) in [7, 11) is 0. The molecule has 2 fully saturated rings.